The molecule has 5 nitrogen and oxygen atoms in total. The van der Waals surface area contributed by atoms with Gasteiger partial charge >= 0.3 is 0 Å². The molecule has 1 aliphatic heterocycles. The summed E-state index contributed by atoms with van der Waals surface area (Å²) < 4.78 is 8.52. The summed E-state index contributed by atoms with van der Waals surface area (Å²) in [4.78, 5) is 12.6. The Morgan fingerprint density at radius 3 is 2.84 bits per heavy atom. The highest BCUT2D eigenvalue weighted by molar-refractivity contribution is 9.10. The highest BCUT2D eigenvalue weighted by atomic mass is 79.9. The number of nitrogens with one attached hydrogen (secondary N) is 1. The molecule has 1 amide bonds. The third kappa shape index (κ3) is 3.30. The smallest absolute Gasteiger partial charge is 0.266 e. The Kier molecular flexibility index (Phi) is 4.28. The number of anilines is 1. The van der Waals surface area contributed by atoms with Crippen LogP contribution in [0.5, 0.6) is 5.75 Å². The van der Waals surface area contributed by atoms with Gasteiger partial charge in [-0.2, -0.15) is 5.10 Å². The maximum Gasteiger partial charge on any atom is 0.266 e. The van der Waals surface area contributed by atoms with Crippen molar-refractivity contribution in [2.75, 3.05) is 5.32 Å². The number of nitrogens with zero attached hydrogens (tertiary/aromatic N) is 2. The van der Waals surface area contributed by atoms with E-state index in [9.17, 15) is 4.79 Å². The normalized spacial score (nSPS) is 15.5. The fourth-order valence-corrected chi connectivity index (χ4v) is 3.30. The first-order valence-corrected chi connectivity index (χ1v) is 8.80. The monoisotopic (exact) mass is 397 g/mol. The minimum absolute atomic E-state index is 0.162. The Hall–Kier alpha value is -2.60. The van der Waals surface area contributed by atoms with E-state index >= 15 is 0 Å². The summed E-state index contributed by atoms with van der Waals surface area (Å²) in [5.41, 5.74) is 2.15. The molecule has 0 radical (unpaired) electrons. The standard InChI is InChI=1S/C19H16BrN3O2/c20-15-7-3-1-6-14(15)12-23-18(9-10-21-23)22-19(24)17-11-13-5-2-4-8-16(13)25-17/h1-10,17H,11-12H2,(H,22,24)/t17-/m1/s1. The van der Waals surface area contributed by atoms with Crippen LogP contribution in [0.15, 0.2) is 65.3 Å². The van der Waals surface area contributed by atoms with Gasteiger partial charge < -0.3 is 10.1 Å². The molecule has 1 aliphatic rings. The van der Waals surface area contributed by atoms with Crippen LogP contribution in [-0.2, 0) is 17.8 Å². The maximum atomic E-state index is 12.6. The number of para-hydroxylation sites is 1. The van der Waals surface area contributed by atoms with Crippen LogP contribution in [0.3, 0.4) is 0 Å². The lowest BCUT2D eigenvalue weighted by Gasteiger charge is -2.13. The van der Waals surface area contributed by atoms with Crippen molar-refractivity contribution in [1.29, 1.82) is 0 Å². The molecule has 1 N–H and O–H groups in total. The lowest BCUT2D eigenvalue weighted by atomic mass is 10.1. The van der Waals surface area contributed by atoms with Crippen molar-refractivity contribution in [2.24, 2.45) is 0 Å². The van der Waals surface area contributed by atoms with E-state index in [-0.39, 0.29) is 5.91 Å². The summed E-state index contributed by atoms with van der Waals surface area (Å²) in [5, 5.41) is 7.24. The zero-order valence-electron chi connectivity index (χ0n) is 13.4. The molecule has 3 aromatic rings. The third-order valence-corrected chi connectivity index (χ3v) is 4.96. The van der Waals surface area contributed by atoms with Crippen LogP contribution in [0.1, 0.15) is 11.1 Å². The number of halogens is 1. The Bertz CT molecular complexity index is 897. The van der Waals surface area contributed by atoms with Gasteiger partial charge in [0, 0.05) is 17.0 Å². The molecule has 0 saturated heterocycles. The summed E-state index contributed by atoms with van der Waals surface area (Å²) in [7, 11) is 0. The molecule has 25 heavy (non-hydrogen) atoms. The second-order valence-corrected chi connectivity index (χ2v) is 6.73. The molecule has 0 fully saturated rings. The Morgan fingerprint density at radius 2 is 2.00 bits per heavy atom. The van der Waals surface area contributed by atoms with E-state index < -0.39 is 6.10 Å². The molecule has 0 spiro atoms. The van der Waals surface area contributed by atoms with Gasteiger partial charge in [0.1, 0.15) is 11.6 Å². The Balaban J connectivity index is 1.47. The van der Waals surface area contributed by atoms with Crippen molar-refractivity contribution < 1.29 is 9.53 Å². The van der Waals surface area contributed by atoms with Crippen LogP contribution >= 0.6 is 15.9 Å². The van der Waals surface area contributed by atoms with Crippen molar-refractivity contribution in [2.45, 2.75) is 19.1 Å². The van der Waals surface area contributed by atoms with Crippen molar-refractivity contribution in [1.82, 2.24) is 9.78 Å². The number of carbonyl (C=O) groups excluding carboxylic acids is 1. The van der Waals surface area contributed by atoms with Crippen molar-refractivity contribution in [3.05, 3.63) is 76.4 Å². The summed E-state index contributed by atoms with van der Waals surface area (Å²) >= 11 is 3.54. The van der Waals surface area contributed by atoms with E-state index in [1.165, 1.54) is 0 Å². The van der Waals surface area contributed by atoms with Gasteiger partial charge in [-0.25, -0.2) is 4.68 Å². The zero-order chi connectivity index (χ0) is 17.2. The predicted octanol–water partition coefficient (Wildman–Crippen LogP) is 3.64. The van der Waals surface area contributed by atoms with E-state index in [1.807, 2.05) is 48.5 Å². The molecule has 4 rings (SSSR count). The van der Waals surface area contributed by atoms with E-state index in [0.29, 0.717) is 18.8 Å². The Labute approximate surface area is 153 Å². The number of fused-ring (bicyclic) bond motifs is 1. The molecule has 2 aromatic carbocycles. The molecular weight excluding hydrogens is 382 g/mol. The van der Waals surface area contributed by atoms with Crippen LogP contribution in [0.2, 0.25) is 0 Å². The topological polar surface area (TPSA) is 56.2 Å². The van der Waals surface area contributed by atoms with Crippen molar-refractivity contribution in [3.63, 3.8) is 0 Å². The number of benzene rings is 2. The average molecular weight is 398 g/mol. The van der Waals surface area contributed by atoms with Crippen molar-refractivity contribution in [3.8, 4) is 5.75 Å². The van der Waals surface area contributed by atoms with Crippen LogP contribution in [0.25, 0.3) is 0 Å². The molecule has 0 unspecified atom stereocenters. The minimum atomic E-state index is -0.510. The number of carbonyl (C=O) groups is 1. The minimum Gasteiger partial charge on any atom is -0.480 e. The molecule has 6 heteroatoms. The first-order valence-electron chi connectivity index (χ1n) is 8.01. The van der Waals surface area contributed by atoms with Gasteiger partial charge in [0.05, 0.1) is 12.7 Å². The van der Waals surface area contributed by atoms with Crippen LogP contribution < -0.4 is 10.1 Å². The van der Waals surface area contributed by atoms with Crippen LogP contribution in [0, 0.1) is 0 Å². The molecule has 0 saturated carbocycles. The molecule has 2 heterocycles. The van der Waals surface area contributed by atoms with Gasteiger partial charge in [-0.05, 0) is 23.3 Å². The molecule has 1 atom stereocenters. The fourth-order valence-electron chi connectivity index (χ4n) is 2.89. The SMILES string of the molecule is O=C(Nc1ccnn1Cc1ccccc1Br)[C@H]1Cc2ccccc2O1. The second-order valence-electron chi connectivity index (χ2n) is 5.87. The van der Waals surface area contributed by atoms with Crippen molar-refractivity contribution >= 4 is 27.7 Å². The summed E-state index contributed by atoms with van der Waals surface area (Å²) in [5.74, 6) is 1.27. The lowest BCUT2D eigenvalue weighted by Crippen LogP contribution is -2.32. The molecule has 1 aromatic heterocycles. The van der Waals surface area contributed by atoms with E-state index in [0.717, 1.165) is 21.3 Å². The number of hydrogen-bond acceptors (Lipinski definition) is 3. The lowest BCUT2D eigenvalue weighted by molar-refractivity contribution is -0.122. The number of aromatic nitrogens is 2. The number of hydrogen-bond donors (Lipinski definition) is 1. The maximum absolute atomic E-state index is 12.6. The van der Waals surface area contributed by atoms with Crippen LogP contribution in [0.4, 0.5) is 5.82 Å². The molecule has 0 bridgehead atoms. The molecule has 126 valence electrons. The van der Waals surface area contributed by atoms with Gasteiger partial charge in [-0.15, -0.1) is 0 Å². The zero-order valence-corrected chi connectivity index (χ0v) is 14.9. The van der Waals surface area contributed by atoms with Gasteiger partial charge in [0.2, 0.25) is 0 Å². The third-order valence-electron chi connectivity index (χ3n) is 4.19. The molecular formula is C19H16BrN3O2. The summed E-state index contributed by atoms with van der Waals surface area (Å²) in [6.45, 7) is 0.565. The van der Waals surface area contributed by atoms with Gasteiger partial charge in [0.15, 0.2) is 6.10 Å². The van der Waals surface area contributed by atoms with Gasteiger partial charge in [-0.3, -0.25) is 4.79 Å². The number of amides is 1. The van der Waals surface area contributed by atoms with Gasteiger partial charge in [0.25, 0.3) is 5.91 Å². The van der Waals surface area contributed by atoms with Gasteiger partial charge in [-0.1, -0.05) is 52.3 Å². The first-order chi connectivity index (χ1) is 12.2. The first kappa shape index (κ1) is 15.9. The number of rotatable bonds is 4. The van der Waals surface area contributed by atoms with E-state index in [1.54, 1.807) is 16.9 Å². The van der Waals surface area contributed by atoms with E-state index in [4.69, 9.17) is 4.74 Å². The fraction of sp³-hybridized carbons (Fsp3) is 0.158. The van der Waals surface area contributed by atoms with Crippen LogP contribution in [-0.4, -0.2) is 21.8 Å². The average Bonchev–Trinajstić information content (AvgIpc) is 3.23. The predicted molar refractivity (Wildman–Crippen MR) is 98.7 cm³/mol. The highest BCUT2D eigenvalue weighted by Crippen LogP contribution is 2.28. The van der Waals surface area contributed by atoms with E-state index in [2.05, 4.69) is 26.3 Å². The summed E-state index contributed by atoms with van der Waals surface area (Å²) in [6.07, 6.45) is 1.75. The summed E-state index contributed by atoms with van der Waals surface area (Å²) in [6, 6.07) is 17.5. The number of ether oxygens (including phenoxy) is 1. The molecule has 0 aliphatic carbocycles. The quantitative estimate of drug-likeness (QED) is 0.730. The largest absolute Gasteiger partial charge is 0.480 e. The second kappa shape index (κ2) is 6.72. The highest BCUT2D eigenvalue weighted by Gasteiger charge is 2.29. The Morgan fingerprint density at radius 1 is 1.20 bits per heavy atom.